The van der Waals surface area contributed by atoms with E-state index in [0.29, 0.717) is 18.7 Å². The molecule has 1 aromatic carbocycles. The van der Waals surface area contributed by atoms with Gasteiger partial charge in [0.25, 0.3) is 5.91 Å². The lowest BCUT2D eigenvalue weighted by atomic mass is 10.1. The fourth-order valence-electron chi connectivity index (χ4n) is 2.30. The second kappa shape index (κ2) is 4.42. The van der Waals surface area contributed by atoms with E-state index in [1.54, 1.807) is 22.9 Å². The minimum Gasteiger partial charge on any atom is -0.361 e. The lowest BCUT2D eigenvalue weighted by molar-refractivity contribution is -0.133. The van der Waals surface area contributed by atoms with Crippen molar-refractivity contribution in [2.24, 2.45) is 0 Å². The van der Waals surface area contributed by atoms with Gasteiger partial charge in [-0.05, 0) is 24.3 Å². The van der Waals surface area contributed by atoms with Crippen LogP contribution in [0, 0.1) is 0 Å². The van der Waals surface area contributed by atoms with E-state index in [4.69, 9.17) is 0 Å². The van der Waals surface area contributed by atoms with Crippen molar-refractivity contribution >= 4 is 22.7 Å². The molecule has 0 saturated carbocycles. The SMILES string of the molecule is CN1CCN(C(=O)c2ccc3[nH]ccc3c2)CC1=O. The molecule has 1 N–H and O–H groups in total. The number of hydrogen-bond donors (Lipinski definition) is 1. The third-order valence-electron chi connectivity index (χ3n) is 3.54. The number of rotatable bonds is 1. The number of carbonyl (C=O) groups is 2. The maximum atomic E-state index is 12.4. The summed E-state index contributed by atoms with van der Waals surface area (Å²) in [5.74, 6) is -0.0909. The molecule has 0 aliphatic carbocycles. The van der Waals surface area contributed by atoms with Gasteiger partial charge in [0, 0.05) is 42.8 Å². The molecule has 0 atom stereocenters. The fourth-order valence-corrected chi connectivity index (χ4v) is 2.30. The highest BCUT2D eigenvalue weighted by Gasteiger charge is 2.25. The van der Waals surface area contributed by atoms with Gasteiger partial charge in [-0.3, -0.25) is 9.59 Å². The van der Waals surface area contributed by atoms with Gasteiger partial charge in [-0.1, -0.05) is 0 Å². The minimum atomic E-state index is -0.0791. The topological polar surface area (TPSA) is 56.4 Å². The van der Waals surface area contributed by atoms with E-state index in [0.717, 1.165) is 10.9 Å². The molecule has 98 valence electrons. The maximum absolute atomic E-state index is 12.4. The first-order valence-corrected chi connectivity index (χ1v) is 6.25. The van der Waals surface area contributed by atoms with Crippen molar-refractivity contribution < 1.29 is 9.59 Å². The standard InChI is InChI=1S/C14H15N3O2/c1-16-6-7-17(9-13(16)18)14(19)11-2-3-12-10(8-11)4-5-15-12/h2-5,8,15H,6-7,9H2,1H3. The van der Waals surface area contributed by atoms with Crippen molar-refractivity contribution in [1.29, 1.82) is 0 Å². The van der Waals surface area contributed by atoms with Gasteiger partial charge in [0.2, 0.25) is 5.91 Å². The normalized spacial score (nSPS) is 16.2. The molecule has 1 aromatic heterocycles. The Labute approximate surface area is 110 Å². The van der Waals surface area contributed by atoms with Crippen LogP contribution in [0.4, 0.5) is 0 Å². The number of carbonyl (C=O) groups excluding carboxylic acids is 2. The average molecular weight is 257 g/mol. The molecule has 2 aromatic rings. The van der Waals surface area contributed by atoms with E-state index in [1.165, 1.54) is 0 Å². The Morgan fingerprint density at radius 2 is 2.11 bits per heavy atom. The van der Waals surface area contributed by atoms with Crippen LogP contribution in [0.1, 0.15) is 10.4 Å². The summed E-state index contributed by atoms with van der Waals surface area (Å²) in [5, 5.41) is 1.01. The molecule has 19 heavy (non-hydrogen) atoms. The van der Waals surface area contributed by atoms with Gasteiger partial charge < -0.3 is 14.8 Å². The fraction of sp³-hybridized carbons (Fsp3) is 0.286. The molecule has 2 heterocycles. The zero-order valence-electron chi connectivity index (χ0n) is 10.7. The molecular formula is C14H15N3O2. The van der Waals surface area contributed by atoms with E-state index >= 15 is 0 Å². The van der Waals surface area contributed by atoms with E-state index in [1.807, 2.05) is 24.4 Å². The number of H-pyrrole nitrogens is 1. The number of piperazine rings is 1. The van der Waals surface area contributed by atoms with Crippen LogP contribution < -0.4 is 0 Å². The van der Waals surface area contributed by atoms with Crippen LogP contribution in [-0.4, -0.2) is 53.3 Å². The Balaban J connectivity index is 1.85. The lowest BCUT2D eigenvalue weighted by Crippen LogP contribution is -2.50. The zero-order chi connectivity index (χ0) is 13.4. The Morgan fingerprint density at radius 3 is 2.89 bits per heavy atom. The smallest absolute Gasteiger partial charge is 0.254 e. The van der Waals surface area contributed by atoms with Crippen molar-refractivity contribution in [2.75, 3.05) is 26.7 Å². The van der Waals surface area contributed by atoms with Crippen molar-refractivity contribution in [1.82, 2.24) is 14.8 Å². The molecule has 1 fully saturated rings. The molecular weight excluding hydrogens is 242 g/mol. The average Bonchev–Trinajstić information content (AvgIpc) is 2.88. The summed E-state index contributed by atoms with van der Waals surface area (Å²) >= 11 is 0. The highest BCUT2D eigenvalue weighted by atomic mass is 16.2. The number of nitrogens with zero attached hydrogens (tertiary/aromatic N) is 2. The third kappa shape index (κ3) is 2.07. The number of amides is 2. The van der Waals surface area contributed by atoms with E-state index in [-0.39, 0.29) is 18.4 Å². The molecule has 1 aliphatic rings. The van der Waals surface area contributed by atoms with Crippen molar-refractivity contribution in [3.8, 4) is 0 Å². The molecule has 1 saturated heterocycles. The van der Waals surface area contributed by atoms with Crippen molar-refractivity contribution in [3.05, 3.63) is 36.0 Å². The Morgan fingerprint density at radius 1 is 1.26 bits per heavy atom. The molecule has 5 nitrogen and oxygen atoms in total. The summed E-state index contributed by atoms with van der Waals surface area (Å²) < 4.78 is 0. The Bertz CT molecular complexity index is 647. The molecule has 0 unspecified atom stereocenters. The minimum absolute atomic E-state index is 0.0117. The van der Waals surface area contributed by atoms with Crippen LogP contribution in [0.25, 0.3) is 10.9 Å². The number of benzene rings is 1. The number of likely N-dealkylation sites (N-methyl/N-ethyl adjacent to an activating group) is 1. The largest absolute Gasteiger partial charge is 0.361 e. The molecule has 3 rings (SSSR count). The first kappa shape index (κ1) is 11.8. The lowest BCUT2D eigenvalue weighted by Gasteiger charge is -2.32. The van der Waals surface area contributed by atoms with Crippen LogP contribution in [-0.2, 0) is 4.79 Å². The summed E-state index contributed by atoms with van der Waals surface area (Å²) in [4.78, 5) is 30.4. The predicted octanol–water partition coefficient (Wildman–Crippen LogP) is 1.08. The van der Waals surface area contributed by atoms with Crippen molar-refractivity contribution in [2.45, 2.75) is 0 Å². The van der Waals surface area contributed by atoms with Crippen LogP contribution in [0.3, 0.4) is 0 Å². The first-order valence-electron chi connectivity index (χ1n) is 6.25. The van der Waals surface area contributed by atoms with Gasteiger partial charge in [-0.15, -0.1) is 0 Å². The monoisotopic (exact) mass is 257 g/mol. The maximum Gasteiger partial charge on any atom is 0.254 e. The number of fused-ring (bicyclic) bond motifs is 1. The van der Waals surface area contributed by atoms with Crippen LogP contribution in [0.2, 0.25) is 0 Å². The van der Waals surface area contributed by atoms with Gasteiger partial charge in [0.05, 0.1) is 0 Å². The van der Waals surface area contributed by atoms with Gasteiger partial charge >= 0.3 is 0 Å². The summed E-state index contributed by atoms with van der Waals surface area (Å²) in [6.07, 6.45) is 1.85. The Kier molecular flexibility index (Phi) is 2.74. The van der Waals surface area contributed by atoms with Crippen LogP contribution in [0.15, 0.2) is 30.5 Å². The molecule has 5 heteroatoms. The van der Waals surface area contributed by atoms with E-state index in [2.05, 4.69) is 4.98 Å². The van der Waals surface area contributed by atoms with Gasteiger partial charge in [0.15, 0.2) is 0 Å². The summed E-state index contributed by atoms with van der Waals surface area (Å²) in [7, 11) is 1.76. The van der Waals surface area contributed by atoms with Crippen LogP contribution >= 0.6 is 0 Å². The van der Waals surface area contributed by atoms with Gasteiger partial charge in [0.1, 0.15) is 6.54 Å². The Hall–Kier alpha value is -2.30. The molecule has 0 radical (unpaired) electrons. The van der Waals surface area contributed by atoms with E-state index in [9.17, 15) is 9.59 Å². The van der Waals surface area contributed by atoms with Gasteiger partial charge in [-0.2, -0.15) is 0 Å². The van der Waals surface area contributed by atoms with E-state index < -0.39 is 0 Å². The highest BCUT2D eigenvalue weighted by Crippen LogP contribution is 2.16. The number of nitrogens with one attached hydrogen (secondary N) is 1. The summed E-state index contributed by atoms with van der Waals surface area (Å²) in [5.41, 5.74) is 1.63. The number of aromatic nitrogens is 1. The molecule has 2 amide bonds. The van der Waals surface area contributed by atoms with Crippen LogP contribution in [0.5, 0.6) is 0 Å². The number of hydrogen-bond acceptors (Lipinski definition) is 2. The van der Waals surface area contributed by atoms with Crippen molar-refractivity contribution in [3.63, 3.8) is 0 Å². The number of aromatic amines is 1. The molecule has 0 spiro atoms. The second-order valence-electron chi connectivity index (χ2n) is 4.82. The second-order valence-corrected chi connectivity index (χ2v) is 4.82. The van der Waals surface area contributed by atoms with Gasteiger partial charge in [-0.25, -0.2) is 0 Å². The molecule has 1 aliphatic heterocycles. The molecule has 0 bridgehead atoms. The highest BCUT2D eigenvalue weighted by molar-refractivity contribution is 6.00. The summed E-state index contributed by atoms with van der Waals surface area (Å²) in [6.45, 7) is 1.35. The first-order chi connectivity index (χ1) is 9.15. The predicted molar refractivity (Wildman–Crippen MR) is 71.8 cm³/mol. The third-order valence-corrected chi connectivity index (χ3v) is 3.54. The summed E-state index contributed by atoms with van der Waals surface area (Å²) in [6, 6.07) is 7.47. The quantitative estimate of drug-likeness (QED) is 0.831. The zero-order valence-corrected chi connectivity index (χ0v) is 10.7.